The third kappa shape index (κ3) is 3.51. The van der Waals surface area contributed by atoms with E-state index in [1.54, 1.807) is 30.3 Å². The quantitative estimate of drug-likeness (QED) is 0.882. The molecular formula is C13H10F3NO2S. The first-order valence-electron chi connectivity index (χ1n) is 5.56. The van der Waals surface area contributed by atoms with Crippen LogP contribution in [0, 0.1) is 17.5 Å². The fourth-order valence-electron chi connectivity index (χ4n) is 1.62. The summed E-state index contributed by atoms with van der Waals surface area (Å²) in [5.74, 6) is -4.91. The molecule has 0 aliphatic rings. The summed E-state index contributed by atoms with van der Waals surface area (Å²) >= 11 is 0. The molecule has 20 heavy (non-hydrogen) atoms. The predicted octanol–water partition coefficient (Wildman–Crippen LogP) is 3.05. The Bertz CT molecular complexity index is 695. The van der Waals surface area contributed by atoms with Crippen molar-refractivity contribution in [2.45, 2.75) is 5.75 Å². The van der Waals surface area contributed by atoms with Crippen LogP contribution in [0.1, 0.15) is 5.56 Å². The Morgan fingerprint density at radius 1 is 0.950 bits per heavy atom. The van der Waals surface area contributed by atoms with Gasteiger partial charge in [0.2, 0.25) is 10.0 Å². The average molecular weight is 301 g/mol. The summed E-state index contributed by atoms with van der Waals surface area (Å²) in [5.41, 5.74) is 0.153. The van der Waals surface area contributed by atoms with Gasteiger partial charge in [0.15, 0.2) is 17.5 Å². The maximum atomic E-state index is 13.0. The molecule has 0 heterocycles. The summed E-state index contributed by atoms with van der Waals surface area (Å²) in [4.78, 5) is 0. The van der Waals surface area contributed by atoms with Gasteiger partial charge in [-0.2, -0.15) is 0 Å². The van der Waals surface area contributed by atoms with Gasteiger partial charge in [-0.25, -0.2) is 21.6 Å². The molecule has 0 aliphatic heterocycles. The molecule has 2 aromatic carbocycles. The molecule has 2 rings (SSSR count). The van der Waals surface area contributed by atoms with Gasteiger partial charge < -0.3 is 0 Å². The van der Waals surface area contributed by atoms with Gasteiger partial charge in [0, 0.05) is 12.1 Å². The molecule has 0 amide bonds. The van der Waals surface area contributed by atoms with E-state index in [4.69, 9.17) is 0 Å². The molecule has 0 spiro atoms. The SMILES string of the molecule is O=S(=O)(Cc1ccccc1)Nc1cc(F)c(F)c(F)c1. The van der Waals surface area contributed by atoms with E-state index in [0.29, 0.717) is 17.7 Å². The van der Waals surface area contributed by atoms with Crippen LogP contribution in [0.2, 0.25) is 0 Å². The van der Waals surface area contributed by atoms with Crippen molar-refractivity contribution in [1.82, 2.24) is 0 Å². The number of halogens is 3. The highest BCUT2D eigenvalue weighted by atomic mass is 32.2. The van der Waals surface area contributed by atoms with Crippen molar-refractivity contribution in [3.63, 3.8) is 0 Å². The van der Waals surface area contributed by atoms with E-state index in [1.165, 1.54) is 0 Å². The molecule has 0 radical (unpaired) electrons. The summed E-state index contributed by atoms with van der Waals surface area (Å²) in [6.45, 7) is 0. The van der Waals surface area contributed by atoms with Gasteiger partial charge >= 0.3 is 0 Å². The zero-order valence-electron chi connectivity index (χ0n) is 10.1. The highest BCUT2D eigenvalue weighted by Gasteiger charge is 2.15. The van der Waals surface area contributed by atoms with Crippen LogP contribution in [0.3, 0.4) is 0 Å². The fraction of sp³-hybridized carbons (Fsp3) is 0.0769. The first-order chi connectivity index (χ1) is 9.37. The maximum Gasteiger partial charge on any atom is 0.236 e. The second-order valence-corrected chi connectivity index (χ2v) is 5.82. The lowest BCUT2D eigenvalue weighted by Crippen LogP contribution is -2.15. The zero-order valence-corrected chi connectivity index (χ0v) is 10.9. The highest BCUT2D eigenvalue weighted by Crippen LogP contribution is 2.19. The van der Waals surface area contributed by atoms with Crippen LogP contribution in [0.15, 0.2) is 42.5 Å². The van der Waals surface area contributed by atoms with Crippen LogP contribution >= 0.6 is 0 Å². The lowest BCUT2D eigenvalue weighted by molar-refractivity contribution is 0.448. The lowest BCUT2D eigenvalue weighted by atomic mass is 10.2. The normalized spacial score (nSPS) is 11.3. The Morgan fingerprint density at radius 3 is 2.05 bits per heavy atom. The first-order valence-corrected chi connectivity index (χ1v) is 7.21. The number of benzene rings is 2. The van der Waals surface area contributed by atoms with Gasteiger partial charge in [0.1, 0.15) is 0 Å². The van der Waals surface area contributed by atoms with Crippen LogP contribution in [0.25, 0.3) is 0 Å². The molecule has 0 saturated heterocycles. The molecule has 7 heteroatoms. The number of nitrogens with one attached hydrogen (secondary N) is 1. The van der Waals surface area contributed by atoms with E-state index < -0.39 is 27.5 Å². The van der Waals surface area contributed by atoms with Crippen molar-refractivity contribution >= 4 is 15.7 Å². The minimum atomic E-state index is -3.84. The summed E-state index contributed by atoms with van der Waals surface area (Å²) in [7, 11) is -3.84. The van der Waals surface area contributed by atoms with Crippen molar-refractivity contribution in [3.05, 3.63) is 65.5 Å². The lowest BCUT2D eigenvalue weighted by Gasteiger charge is -2.08. The number of hydrogen-bond acceptors (Lipinski definition) is 2. The van der Waals surface area contributed by atoms with Crippen molar-refractivity contribution in [2.75, 3.05) is 4.72 Å². The molecule has 106 valence electrons. The molecule has 0 aliphatic carbocycles. The summed E-state index contributed by atoms with van der Waals surface area (Å²) in [6, 6.07) is 9.44. The molecule has 0 saturated carbocycles. The largest absolute Gasteiger partial charge is 0.283 e. The molecule has 0 atom stereocenters. The van der Waals surface area contributed by atoms with Gasteiger partial charge in [-0.05, 0) is 5.56 Å². The molecule has 0 unspecified atom stereocenters. The summed E-state index contributed by atoms with van der Waals surface area (Å²) in [5, 5.41) is 0. The van der Waals surface area contributed by atoms with Crippen LogP contribution < -0.4 is 4.72 Å². The maximum absolute atomic E-state index is 13.0. The van der Waals surface area contributed by atoms with E-state index in [9.17, 15) is 21.6 Å². The van der Waals surface area contributed by atoms with E-state index in [2.05, 4.69) is 0 Å². The molecule has 1 N–H and O–H groups in total. The van der Waals surface area contributed by atoms with E-state index in [1.807, 2.05) is 4.72 Å². The van der Waals surface area contributed by atoms with Gasteiger partial charge in [-0.3, -0.25) is 4.72 Å². The Morgan fingerprint density at radius 2 is 1.50 bits per heavy atom. The van der Waals surface area contributed by atoms with Crippen LogP contribution in [0.5, 0.6) is 0 Å². The Kier molecular flexibility index (Phi) is 3.99. The van der Waals surface area contributed by atoms with Crippen LogP contribution in [-0.4, -0.2) is 8.42 Å². The molecule has 2 aromatic rings. The third-order valence-electron chi connectivity index (χ3n) is 2.46. The third-order valence-corrected chi connectivity index (χ3v) is 3.72. The second-order valence-electron chi connectivity index (χ2n) is 4.10. The molecule has 0 fully saturated rings. The number of anilines is 1. The number of sulfonamides is 1. The number of rotatable bonds is 4. The Balaban J connectivity index is 2.21. The van der Waals surface area contributed by atoms with Gasteiger partial charge in [0.25, 0.3) is 0 Å². The van der Waals surface area contributed by atoms with E-state index in [0.717, 1.165) is 0 Å². The topological polar surface area (TPSA) is 46.2 Å². The zero-order chi connectivity index (χ0) is 14.8. The molecule has 0 bridgehead atoms. The standard InChI is InChI=1S/C13H10F3NO2S/c14-11-6-10(7-12(15)13(11)16)17-20(18,19)8-9-4-2-1-3-5-9/h1-7,17H,8H2. The predicted molar refractivity (Wildman–Crippen MR) is 69.0 cm³/mol. The average Bonchev–Trinajstić information content (AvgIpc) is 2.36. The smallest absolute Gasteiger partial charge is 0.236 e. The van der Waals surface area contributed by atoms with Crippen molar-refractivity contribution < 1.29 is 21.6 Å². The van der Waals surface area contributed by atoms with E-state index in [-0.39, 0.29) is 11.4 Å². The van der Waals surface area contributed by atoms with Gasteiger partial charge in [-0.15, -0.1) is 0 Å². The van der Waals surface area contributed by atoms with Gasteiger partial charge in [0.05, 0.1) is 11.4 Å². The van der Waals surface area contributed by atoms with Gasteiger partial charge in [-0.1, -0.05) is 30.3 Å². The molecule has 3 nitrogen and oxygen atoms in total. The fourth-order valence-corrected chi connectivity index (χ4v) is 2.80. The summed E-state index contributed by atoms with van der Waals surface area (Å²) < 4.78 is 64.4. The van der Waals surface area contributed by atoms with Crippen molar-refractivity contribution in [3.8, 4) is 0 Å². The minimum absolute atomic E-state index is 0.353. The molecule has 0 aromatic heterocycles. The van der Waals surface area contributed by atoms with Crippen molar-refractivity contribution in [2.24, 2.45) is 0 Å². The van der Waals surface area contributed by atoms with Crippen LogP contribution in [0.4, 0.5) is 18.9 Å². The Labute approximate surface area is 114 Å². The first kappa shape index (κ1) is 14.4. The number of hydrogen-bond donors (Lipinski definition) is 1. The van der Waals surface area contributed by atoms with Crippen molar-refractivity contribution in [1.29, 1.82) is 0 Å². The summed E-state index contributed by atoms with van der Waals surface area (Å²) in [6.07, 6.45) is 0. The highest BCUT2D eigenvalue weighted by molar-refractivity contribution is 7.91. The minimum Gasteiger partial charge on any atom is -0.283 e. The van der Waals surface area contributed by atoms with E-state index >= 15 is 0 Å². The Hall–Kier alpha value is -2.02. The second kappa shape index (κ2) is 5.54. The monoisotopic (exact) mass is 301 g/mol. The molecular weight excluding hydrogens is 291 g/mol. The van der Waals surface area contributed by atoms with Crippen LogP contribution in [-0.2, 0) is 15.8 Å².